The van der Waals surface area contributed by atoms with E-state index in [0.29, 0.717) is 11.3 Å². The number of nitrogens with two attached hydrogens (primary N) is 1. The molecule has 0 aliphatic rings. The lowest BCUT2D eigenvalue weighted by Crippen LogP contribution is -2.20. The Morgan fingerprint density at radius 2 is 1.87 bits per heavy atom. The van der Waals surface area contributed by atoms with E-state index >= 15 is 0 Å². The SMILES string of the molecule is Cc1cc(C(=O)/C=C/c2ccc(F)cc2)ccc1OCC(N)=O. The van der Waals surface area contributed by atoms with Crippen LogP contribution in [0.3, 0.4) is 0 Å². The molecule has 0 aromatic heterocycles. The average Bonchev–Trinajstić information content (AvgIpc) is 2.52. The number of benzene rings is 2. The predicted octanol–water partition coefficient (Wildman–Crippen LogP) is 2.89. The smallest absolute Gasteiger partial charge is 0.255 e. The van der Waals surface area contributed by atoms with Crippen molar-refractivity contribution in [2.24, 2.45) is 5.73 Å². The van der Waals surface area contributed by atoms with Gasteiger partial charge in [-0.25, -0.2) is 4.39 Å². The van der Waals surface area contributed by atoms with Gasteiger partial charge in [-0.3, -0.25) is 9.59 Å². The Bertz CT molecular complexity index is 751. The Hall–Kier alpha value is -2.95. The third-order valence-corrected chi connectivity index (χ3v) is 3.13. The molecule has 2 rings (SSSR count). The van der Waals surface area contributed by atoms with E-state index in [0.717, 1.165) is 11.1 Å². The van der Waals surface area contributed by atoms with Gasteiger partial charge in [0.15, 0.2) is 12.4 Å². The molecular formula is C18H16FNO3. The molecule has 0 atom stereocenters. The second-order valence-electron chi connectivity index (χ2n) is 4.98. The first kappa shape index (κ1) is 16.4. The number of primary amides is 1. The van der Waals surface area contributed by atoms with Gasteiger partial charge in [-0.05, 0) is 54.5 Å². The first-order chi connectivity index (χ1) is 11.0. The summed E-state index contributed by atoms with van der Waals surface area (Å²) in [6.07, 6.45) is 3.04. The van der Waals surface area contributed by atoms with Gasteiger partial charge in [0, 0.05) is 5.56 Å². The molecule has 2 aromatic carbocycles. The standard InChI is InChI=1S/C18H16FNO3/c1-12-10-14(5-9-17(12)23-11-18(20)22)16(21)8-4-13-2-6-15(19)7-3-13/h2-10H,11H2,1H3,(H2,20,22)/b8-4+. The van der Waals surface area contributed by atoms with Crippen LogP contribution in [0.2, 0.25) is 0 Å². The van der Waals surface area contributed by atoms with Crippen LogP contribution in [0.4, 0.5) is 4.39 Å². The number of hydrogen-bond acceptors (Lipinski definition) is 3. The third kappa shape index (κ3) is 4.78. The number of halogens is 1. The molecular weight excluding hydrogens is 297 g/mol. The molecule has 2 N–H and O–H groups in total. The molecule has 0 unspecified atom stereocenters. The van der Waals surface area contributed by atoms with Crippen molar-refractivity contribution in [3.8, 4) is 5.75 Å². The maximum atomic E-state index is 12.8. The van der Waals surface area contributed by atoms with Gasteiger partial charge in [0.1, 0.15) is 11.6 Å². The van der Waals surface area contributed by atoms with Crippen LogP contribution in [0.5, 0.6) is 5.75 Å². The lowest BCUT2D eigenvalue weighted by atomic mass is 10.1. The van der Waals surface area contributed by atoms with E-state index in [2.05, 4.69) is 0 Å². The molecule has 23 heavy (non-hydrogen) atoms. The van der Waals surface area contributed by atoms with Crippen LogP contribution in [-0.4, -0.2) is 18.3 Å². The molecule has 0 bridgehead atoms. The highest BCUT2D eigenvalue weighted by Gasteiger charge is 2.07. The second-order valence-corrected chi connectivity index (χ2v) is 4.98. The van der Waals surface area contributed by atoms with Crippen LogP contribution in [-0.2, 0) is 4.79 Å². The van der Waals surface area contributed by atoms with E-state index in [1.807, 2.05) is 0 Å². The predicted molar refractivity (Wildman–Crippen MR) is 85.6 cm³/mol. The zero-order chi connectivity index (χ0) is 16.8. The van der Waals surface area contributed by atoms with E-state index < -0.39 is 5.91 Å². The molecule has 2 aromatic rings. The van der Waals surface area contributed by atoms with Crippen molar-refractivity contribution >= 4 is 17.8 Å². The van der Waals surface area contributed by atoms with Crippen LogP contribution in [0, 0.1) is 12.7 Å². The van der Waals surface area contributed by atoms with Crippen LogP contribution in [0.25, 0.3) is 6.08 Å². The molecule has 1 amide bonds. The maximum absolute atomic E-state index is 12.8. The largest absolute Gasteiger partial charge is 0.484 e. The molecule has 118 valence electrons. The zero-order valence-corrected chi connectivity index (χ0v) is 12.6. The molecule has 0 aliphatic heterocycles. The normalized spacial score (nSPS) is 10.7. The molecule has 0 saturated carbocycles. The monoisotopic (exact) mass is 313 g/mol. The van der Waals surface area contributed by atoms with E-state index in [4.69, 9.17) is 10.5 Å². The van der Waals surface area contributed by atoms with E-state index in [-0.39, 0.29) is 18.2 Å². The number of carbonyl (C=O) groups excluding carboxylic acids is 2. The summed E-state index contributed by atoms with van der Waals surface area (Å²) in [4.78, 5) is 22.8. The molecule has 0 saturated heterocycles. The number of amides is 1. The molecule has 0 spiro atoms. The summed E-state index contributed by atoms with van der Waals surface area (Å²) >= 11 is 0. The van der Waals surface area contributed by atoms with Crippen molar-refractivity contribution in [2.75, 3.05) is 6.61 Å². The van der Waals surface area contributed by atoms with Crippen molar-refractivity contribution < 1.29 is 18.7 Å². The minimum absolute atomic E-state index is 0.182. The topological polar surface area (TPSA) is 69.4 Å². The van der Waals surface area contributed by atoms with E-state index in [1.165, 1.54) is 18.2 Å². The average molecular weight is 313 g/mol. The highest BCUT2D eigenvalue weighted by molar-refractivity contribution is 6.07. The minimum Gasteiger partial charge on any atom is -0.484 e. The van der Waals surface area contributed by atoms with Gasteiger partial charge in [-0.15, -0.1) is 0 Å². The van der Waals surface area contributed by atoms with Gasteiger partial charge < -0.3 is 10.5 Å². The number of aryl methyl sites for hydroxylation is 1. The van der Waals surface area contributed by atoms with Gasteiger partial charge in [-0.1, -0.05) is 18.2 Å². The summed E-state index contributed by atoms with van der Waals surface area (Å²) in [5.74, 6) is -0.566. The second kappa shape index (κ2) is 7.35. The number of carbonyl (C=O) groups is 2. The Balaban J connectivity index is 2.08. The fourth-order valence-corrected chi connectivity index (χ4v) is 1.96. The van der Waals surface area contributed by atoms with Crippen LogP contribution in [0.15, 0.2) is 48.5 Å². The third-order valence-electron chi connectivity index (χ3n) is 3.13. The van der Waals surface area contributed by atoms with E-state index in [1.54, 1.807) is 43.3 Å². The van der Waals surface area contributed by atoms with Crippen molar-refractivity contribution in [2.45, 2.75) is 6.92 Å². The fraction of sp³-hybridized carbons (Fsp3) is 0.111. The van der Waals surface area contributed by atoms with Crippen LogP contribution < -0.4 is 10.5 Å². The van der Waals surface area contributed by atoms with Crippen molar-refractivity contribution in [3.63, 3.8) is 0 Å². The lowest BCUT2D eigenvalue weighted by Gasteiger charge is -2.08. The summed E-state index contributed by atoms with van der Waals surface area (Å²) in [5, 5.41) is 0. The van der Waals surface area contributed by atoms with E-state index in [9.17, 15) is 14.0 Å². The van der Waals surface area contributed by atoms with Gasteiger partial charge in [0.05, 0.1) is 0 Å². The van der Waals surface area contributed by atoms with Crippen molar-refractivity contribution in [1.29, 1.82) is 0 Å². The van der Waals surface area contributed by atoms with Gasteiger partial charge >= 0.3 is 0 Å². The molecule has 4 nitrogen and oxygen atoms in total. The van der Waals surface area contributed by atoms with Crippen LogP contribution in [0.1, 0.15) is 21.5 Å². The van der Waals surface area contributed by atoms with Crippen molar-refractivity contribution in [3.05, 3.63) is 71.0 Å². The molecule has 5 heteroatoms. The Kier molecular flexibility index (Phi) is 5.25. The number of ketones is 1. The quantitative estimate of drug-likeness (QED) is 0.658. The first-order valence-electron chi connectivity index (χ1n) is 6.95. The highest BCUT2D eigenvalue weighted by atomic mass is 19.1. The maximum Gasteiger partial charge on any atom is 0.255 e. The highest BCUT2D eigenvalue weighted by Crippen LogP contribution is 2.20. The summed E-state index contributed by atoms with van der Waals surface area (Å²) in [5.41, 5.74) is 6.98. The van der Waals surface area contributed by atoms with Gasteiger partial charge in [-0.2, -0.15) is 0 Å². The summed E-state index contributed by atoms with van der Waals surface area (Å²) in [7, 11) is 0. The first-order valence-corrected chi connectivity index (χ1v) is 6.95. The van der Waals surface area contributed by atoms with Crippen LogP contribution >= 0.6 is 0 Å². The summed E-state index contributed by atoms with van der Waals surface area (Å²) < 4.78 is 18.0. The van der Waals surface area contributed by atoms with Gasteiger partial charge in [0.25, 0.3) is 5.91 Å². The molecule has 0 heterocycles. The molecule has 0 fully saturated rings. The Morgan fingerprint density at radius 3 is 2.48 bits per heavy atom. The summed E-state index contributed by atoms with van der Waals surface area (Å²) in [6.45, 7) is 1.56. The Morgan fingerprint density at radius 1 is 1.17 bits per heavy atom. The molecule has 0 radical (unpaired) electrons. The lowest BCUT2D eigenvalue weighted by molar-refractivity contribution is -0.119. The van der Waals surface area contributed by atoms with Gasteiger partial charge in [0.2, 0.25) is 0 Å². The number of rotatable bonds is 6. The minimum atomic E-state index is -0.563. The fourth-order valence-electron chi connectivity index (χ4n) is 1.96. The van der Waals surface area contributed by atoms with Crippen molar-refractivity contribution in [1.82, 2.24) is 0 Å². The Labute approximate surface area is 133 Å². The molecule has 0 aliphatic carbocycles. The summed E-state index contributed by atoms with van der Waals surface area (Å²) in [6, 6.07) is 10.8. The number of hydrogen-bond donors (Lipinski definition) is 1. The number of allylic oxidation sites excluding steroid dienone is 1. The number of ether oxygens (including phenoxy) is 1. The zero-order valence-electron chi connectivity index (χ0n) is 12.6.